The molecule has 0 bridgehead atoms. The molecule has 0 spiro atoms. The van der Waals surface area contributed by atoms with Gasteiger partial charge in [0.2, 0.25) is 0 Å². The van der Waals surface area contributed by atoms with Crippen molar-refractivity contribution in [3.05, 3.63) is 47.8 Å². The second kappa shape index (κ2) is 4.48. The van der Waals surface area contributed by atoms with Crippen LogP contribution in [0.2, 0.25) is 0 Å². The van der Waals surface area contributed by atoms with Crippen LogP contribution in [0, 0.1) is 0 Å². The van der Waals surface area contributed by atoms with Gasteiger partial charge < -0.3 is 10.4 Å². The zero-order chi connectivity index (χ0) is 12.3. The van der Waals surface area contributed by atoms with Crippen LogP contribution in [0.4, 0.5) is 5.69 Å². The Morgan fingerprint density at radius 2 is 1.82 bits per heavy atom. The summed E-state index contributed by atoms with van der Waals surface area (Å²) in [7, 11) is 0. The van der Waals surface area contributed by atoms with Crippen LogP contribution < -0.4 is 5.32 Å². The lowest BCUT2D eigenvalue weighted by molar-refractivity contribution is 0.0696. The van der Waals surface area contributed by atoms with Gasteiger partial charge in [-0.05, 0) is 24.3 Å². The highest BCUT2D eigenvalue weighted by atomic mass is 16.4. The van der Waals surface area contributed by atoms with Crippen molar-refractivity contribution in [1.82, 2.24) is 10.2 Å². The minimum atomic E-state index is -1.02. The number of rotatable bonds is 3. The number of amides is 1. The van der Waals surface area contributed by atoms with Crippen LogP contribution in [-0.4, -0.2) is 27.2 Å². The molecule has 1 aromatic heterocycles. The van der Waals surface area contributed by atoms with E-state index in [0.29, 0.717) is 11.3 Å². The number of hydrogen-bond acceptors (Lipinski definition) is 3. The molecule has 1 aromatic carbocycles. The summed E-state index contributed by atoms with van der Waals surface area (Å²) in [6, 6.07) is 5.68. The number of aromatic carboxylic acids is 1. The first-order valence-corrected chi connectivity index (χ1v) is 4.80. The van der Waals surface area contributed by atoms with E-state index in [1.165, 1.54) is 30.5 Å². The standard InChI is InChI=1S/C11H9N3O3/c15-10(14-9-5-12-13-6-9)7-1-3-8(4-2-7)11(16)17/h1-6H,(H,12,13)(H,14,15)(H,16,17). The summed E-state index contributed by atoms with van der Waals surface area (Å²) in [6.45, 7) is 0. The molecule has 2 aromatic rings. The van der Waals surface area contributed by atoms with Crippen molar-refractivity contribution < 1.29 is 14.7 Å². The monoisotopic (exact) mass is 231 g/mol. The van der Waals surface area contributed by atoms with E-state index >= 15 is 0 Å². The molecule has 0 radical (unpaired) electrons. The highest BCUT2D eigenvalue weighted by Gasteiger charge is 2.08. The lowest BCUT2D eigenvalue weighted by Crippen LogP contribution is -2.11. The lowest BCUT2D eigenvalue weighted by atomic mass is 10.1. The Kier molecular flexibility index (Phi) is 2.87. The average molecular weight is 231 g/mol. The molecule has 0 aliphatic rings. The van der Waals surface area contributed by atoms with Crippen LogP contribution in [0.3, 0.4) is 0 Å². The van der Waals surface area contributed by atoms with Gasteiger partial charge in [0.05, 0.1) is 17.4 Å². The number of benzene rings is 1. The quantitative estimate of drug-likeness (QED) is 0.743. The van der Waals surface area contributed by atoms with Gasteiger partial charge in [0.1, 0.15) is 0 Å². The maximum Gasteiger partial charge on any atom is 0.335 e. The smallest absolute Gasteiger partial charge is 0.335 e. The number of carboxylic acids is 1. The highest BCUT2D eigenvalue weighted by molar-refractivity contribution is 6.04. The molecular weight excluding hydrogens is 222 g/mol. The van der Waals surface area contributed by atoms with Crippen molar-refractivity contribution in [2.45, 2.75) is 0 Å². The van der Waals surface area contributed by atoms with Gasteiger partial charge >= 0.3 is 5.97 Å². The number of carbonyl (C=O) groups excluding carboxylic acids is 1. The Balaban J connectivity index is 2.12. The van der Waals surface area contributed by atoms with Crippen molar-refractivity contribution in [2.24, 2.45) is 0 Å². The number of carbonyl (C=O) groups is 2. The zero-order valence-electron chi connectivity index (χ0n) is 8.68. The van der Waals surface area contributed by atoms with Crippen molar-refractivity contribution in [1.29, 1.82) is 0 Å². The fourth-order valence-corrected chi connectivity index (χ4v) is 1.29. The first kappa shape index (κ1) is 10.9. The summed E-state index contributed by atoms with van der Waals surface area (Å²) >= 11 is 0. The van der Waals surface area contributed by atoms with E-state index in [0.717, 1.165) is 0 Å². The molecule has 6 heteroatoms. The Hall–Kier alpha value is -2.63. The molecule has 86 valence electrons. The maximum atomic E-state index is 11.7. The second-order valence-electron chi connectivity index (χ2n) is 3.32. The van der Waals surface area contributed by atoms with E-state index in [-0.39, 0.29) is 11.5 Å². The Bertz CT molecular complexity index is 532. The average Bonchev–Trinajstić information content (AvgIpc) is 2.82. The van der Waals surface area contributed by atoms with Gasteiger partial charge in [0.15, 0.2) is 0 Å². The molecule has 17 heavy (non-hydrogen) atoms. The molecule has 6 nitrogen and oxygen atoms in total. The summed E-state index contributed by atoms with van der Waals surface area (Å²) in [4.78, 5) is 22.3. The summed E-state index contributed by atoms with van der Waals surface area (Å²) < 4.78 is 0. The van der Waals surface area contributed by atoms with Crippen molar-refractivity contribution in [2.75, 3.05) is 5.32 Å². The van der Waals surface area contributed by atoms with Crippen LogP contribution in [0.15, 0.2) is 36.7 Å². The van der Waals surface area contributed by atoms with Gasteiger partial charge in [-0.3, -0.25) is 9.89 Å². The molecule has 0 aliphatic carbocycles. The Morgan fingerprint density at radius 1 is 1.18 bits per heavy atom. The van der Waals surface area contributed by atoms with E-state index in [1.54, 1.807) is 6.20 Å². The van der Waals surface area contributed by atoms with E-state index in [4.69, 9.17) is 5.11 Å². The Morgan fingerprint density at radius 3 is 2.35 bits per heavy atom. The normalized spacial score (nSPS) is 9.88. The minimum Gasteiger partial charge on any atom is -0.478 e. The van der Waals surface area contributed by atoms with Crippen molar-refractivity contribution in [3.63, 3.8) is 0 Å². The zero-order valence-corrected chi connectivity index (χ0v) is 8.68. The summed E-state index contributed by atoms with van der Waals surface area (Å²) in [5.41, 5.74) is 1.08. The van der Waals surface area contributed by atoms with Gasteiger partial charge in [0, 0.05) is 11.8 Å². The number of aromatic nitrogens is 2. The number of nitrogens with zero attached hydrogens (tertiary/aromatic N) is 1. The number of hydrogen-bond donors (Lipinski definition) is 3. The van der Waals surface area contributed by atoms with Crippen LogP contribution in [0.5, 0.6) is 0 Å². The summed E-state index contributed by atoms with van der Waals surface area (Å²) in [5.74, 6) is -1.34. The van der Waals surface area contributed by atoms with Gasteiger partial charge in [-0.1, -0.05) is 0 Å². The number of carboxylic acid groups (broad SMARTS) is 1. The predicted molar refractivity (Wildman–Crippen MR) is 59.9 cm³/mol. The molecule has 0 unspecified atom stereocenters. The SMILES string of the molecule is O=C(O)c1ccc(C(=O)Nc2cn[nH]c2)cc1. The van der Waals surface area contributed by atoms with Crippen LogP contribution >= 0.6 is 0 Å². The van der Waals surface area contributed by atoms with E-state index in [2.05, 4.69) is 15.5 Å². The molecular formula is C11H9N3O3. The number of H-pyrrole nitrogens is 1. The fourth-order valence-electron chi connectivity index (χ4n) is 1.29. The second-order valence-corrected chi connectivity index (χ2v) is 3.32. The largest absolute Gasteiger partial charge is 0.478 e. The topological polar surface area (TPSA) is 95.1 Å². The van der Waals surface area contributed by atoms with Crippen molar-refractivity contribution >= 4 is 17.6 Å². The van der Waals surface area contributed by atoms with Gasteiger partial charge in [-0.15, -0.1) is 0 Å². The summed E-state index contributed by atoms with van der Waals surface area (Å²) in [6.07, 6.45) is 3.02. The first-order valence-electron chi connectivity index (χ1n) is 4.80. The van der Waals surface area contributed by atoms with Crippen LogP contribution in [0.25, 0.3) is 0 Å². The third kappa shape index (κ3) is 2.49. The Labute approximate surface area is 96.3 Å². The molecule has 0 aliphatic heterocycles. The fraction of sp³-hybridized carbons (Fsp3) is 0. The van der Waals surface area contributed by atoms with E-state index in [1.807, 2.05) is 0 Å². The van der Waals surface area contributed by atoms with Gasteiger partial charge in [-0.2, -0.15) is 5.10 Å². The third-order valence-electron chi connectivity index (χ3n) is 2.15. The molecule has 2 rings (SSSR count). The molecule has 0 atom stereocenters. The number of nitrogens with one attached hydrogen (secondary N) is 2. The molecule has 0 saturated carbocycles. The number of anilines is 1. The van der Waals surface area contributed by atoms with Gasteiger partial charge in [0.25, 0.3) is 5.91 Å². The predicted octanol–water partition coefficient (Wildman–Crippen LogP) is 1.36. The summed E-state index contributed by atoms with van der Waals surface area (Å²) in [5, 5.41) is 17.6. The van der Waals surface area contributed by atoms with E-state index in [9.17, 15) is 9.59 Å². The molecule has 0 fully saturated rings. The molecule has 0 saturated heterocycles. The van der Waals surface area contributed by atoms with Crippen LogP contribution in [0.1, 0.15) is 20.7 Å². The lowest BCUT2D eigenvalue weighted by Gasteiger charge is -2.02. The third-order valence-corrected chi connectivity index (χ3v) is 2.15. The van der Waals surface area contributed by atoms with Gasteiger partial charge in [-0.25, -0.2) is 4.79 Å². The van der Waals surface area contributed by atoms with Crippen LogP contribution in [-0.2, 0) is 0 Å². The van der Waals surface area contributed by atoms with Crippen molar-refractivity contribution in [3.8, 4) is 0 Å². The van der Waals surface area contributed by atoms with E-state index < -0.39 is 5.97 Å². The molecule has 3 N–H and O–H groups in total. The number of aromatic amines is 1. The molecule has 1 heterocycles. The maximum absolute atomic E-state index is 11.7. The highest BCUT2D eigenvalue weighted by Crippen LogP contribution is 2.08. The molecule has 1 amide bonds. The minimum absolute atomic E-state index is 0.143. The first-order chi connectivity index (χ1) is 8.16.